The third-order valence-electron chi connectivity index (χ3n) is 4.93. The first-order chi connectivity index (χ1) is 18.2. The van der Waals surface area contributed by atoms with Crippen molar-refractivity contribution >= 4 is 12.3 Å². The minimum absolute atomic E-state index is 0.00530. The van der Waals surface area contributed by atoms with Crippen molar-refractivity contribution in [1.29, 1.82) is 0 Å². The van der Waals surface area contributed by atoms with Gasteiger partial charge >= 0.3 is 6.03 Å². The summed E-state index contributed by atoms with van der Waals surface area (Å²) in [6.07, 6.45) is 0.508. The molecule has 2 N–H and O–H groups in total. The van der Waals surface area contributed by atoms with Crippen LogP contribution in [0, 0.1) is 5.82 Å². The van der Waals surface area contributed by atoms with Crippen molar-refractivity contribution in [3.8, 4) is 22.6 Å². The summed E-state index contributed by atoms with van der Waals surface area (Å²) in [5.74, 6) is -0.150. The van der Waals surface area contributed by atoms with Gasteiger partial charge in [0.1, 0.15) is 17.3 Å². The van der Waals surface area contributed by atoms with Crippen LogP contribution in [0.25, 0.3) is 11.1 Å². The van der Waals surface area contributed by atoms with Crippen molar-refractivity contribution < 1.29 is 42.4 Å². The van der Waals surface area contributed by atoms with Crippen LogP contribution in [0.5, 0.6) is 11.5 Å². The van der Waals surface area contributed by atoms with Gasteiger partial charge in [-0.05, 0) is 50.6 Å². The number of urea groups is 1. The molecule has 11 heteroatoms. The summed E-state index contributed by atoms with van der Waals surface area (Å²) in [5, 5.41) is 5.63. The minimum Gasteiger partial charge on any atom is -0.467 e. The molecule has 0 spiro atoms. The quantitative estimate of drug-likeness (QED) is 0.189. The van der Waals surface area contributed by atoms with Gasteiger partial charge in [0.2, 0.25) is 0 Å². The van der Waals surface area contributed by atoms with Gasteiger partial charge in [-0.3, -0.25) is 4.79 Å². The molecule has 0 saturated carbocycles. The fourth-order valence-corrected chi connectivity index (χ4v) is 3.26. The molecule has 0 saturated heterocycles. The maximum atomic E-state index is 14.6. The molecule has 0 fully saturated rings. The molecule has 0 heterocycles. The SMILES string of the molecule is COCCOCOc1ccc(CNC(=O)NC(C)(C)C)cc1-c1cc(F)cc(C=O)c1OCOCCOC. The van der Waals surface area contributed by atoms with Crippen LogP contribution in [0.15, 0.2) is 30.3 Å². The van der Waals surface area contributed by atoms with E-state index in [9.17, 15) is 14.0 Å². The maximum Gasteiger partial charge on any atom is 0.315 e. The van der Waals surface area contributed by atoms with Crippen LogP contribution in [0.4, 0.5) is 9.18 Å². The lowest BCUT2D eigenvalue weighted by Crippen LogP contribution is -2.46. The highest BCUT2D eigenvalue weighted by molar-refractivity contribution is 5.88. The zero-order chi connectivity index (χ0) is 28.0. The zero-order valence-electron chi connectivity index (χ0n) is 22.6. The average molecular weight is 537 g/mol. The third-order valence-corrected chi connectivity index (χ3v) is 4.93. The summed E-state index contributed by atoms with van der Waals surface area (Å²) in [6.45, 7) is 6.88. The Morgan fingerprint density at radius 1 is 0.921 bits per heavy atom. The molecular formula is C27H37FN2O8. The van der Waals surface area contributed by atoms with Gasteiger partial charge in [-0.15, -0.1) is 0 Å². The highest BCUT2D eigenvalue weighted by atomic mass is 19.1. The highest BCUT2D eigenvalue weighted by Crippen LogP contribution is 2.39. The molecule has 2 aromatic rings. The van der Waals surface area contributed by atoms with E-state index < -0.39 is 11.4 Å². The van der Waals surface area contributed by atoms with E-state index in [0.717, 1.165) is 6.07 Å². The Labute approximate surface area is 222 Å². The van der Waals surface area contributed by atoms with Crippen LogP contribution < -0.4 is 20.1 Å². The number of halogens is 1. The smallest absolute Gasteiger partial charge is 0.315 e. The van der Waals surface area contributed by atoms with Crippen LogP contribution in [-0.2, 0) is 25.5 Å². The van der Waals surface area contributed by atoms with E-state index in [1.807, 2.05) is 20.8 Å². The summed E-state index contributed by atoms with van der Waals surface area (Å²) >= 11 is 0. The second-order valence-corrected chi connectivity index (χ2v) is 9.20. The monoisotopic (exact) mass is 536 g/mol. The largest absolute Gasteiger partial charge is 0.467 e. The molecule has 0 atom stereocenters. The average Bonchev–Trinajstić information content (AvgIpc) is 2.87. The Bertz CT molecular complexity index is 1040. The van der Waals surface area contributed by atoms with Crippen molar-refractivity contribution in [3.05, 3.63) is 47.3 Å². The number of hydrogen-bond donors (Lipinski definition) is 2. The second-order valence-electron chi connectivity index (χ2n) is 9.20. The molecule has 2 amide bonds. The number of methoxy groups -OCH3 is 2. The Morgan fingerprint density at radius 2 is 1.58 bits per heavy atom. The van der Waals surface area contributed by atoms with Crippen molar-refractivity contribution in [3.63, 3.8) is 0 Å². The van der Waals surface area contributed by atoms with Crippen molar-refractivity contribution in [2.45, 2.75) is 32.9 Å². The molecule has 0 aromatic heterocycles. The molecule has 0 bridgehead atoms. The second kappa shape index (κ2) is 15.9. The summed E-state index contributed by atoms with van der Waals surface area (Å²) in [6, 6.07) is 7.16. The lowest BCUT2D eigenvalue weighted by Gasteiger charge is -2.21. The summed E-state index contributed by atoms with van der Waals surface area (Å²) in [4.78, 5) is 24.0. The summed E-state index contributed by atoms with van der Waals surface area (Å²) in [5.41, 5.74) is 1.02. The molecular weight excluding hydrogens is 499 g/mol. The predicted molar refractivity (Wildman–Crippen MR) is 139 cm³/mol. The Balaban J connectivity index is 2.40. The molecule has 2 aromatic carbocycles. The van der Waals surface area contributed by atoms with Gasteiger partial charge in [0.05, 0.1) is 32.0 Å². The van der Waals surface area contributed by atoms with E-state index in [0.29, 0.717) is 43.0 Å². The Morgan fingerprint density at radius 3 is 2.18 bits per heavy atom. The van der Waals surface area contributed by atoms with Crippen LogP contribution in [-0.4, -0.2) is 72.1 Å². The van der Waals surface area contributed by atoms with Gasteiger partial charge in [0, 0.05) is 37.4 Å². The number of benzene rings is 2. The number of nitrogens with one attached hydrogen (secondary N) is 2. The van der Waals surface area contributed by atoms with Crippen molar-refractivity contribution in [2.24, 2.45) is 0 Å². The molecule has 0 radical (unpaired) electrons. The van der Waals surface area contributed by atoms with Crippen LogP contribution in [0.3, 0.4) is 0 Å². The van der Waals surface area contributed by atoms with Gasteiger partial charge in [0.25, 0.3) is 0 Å². The number of aldehydes is 1. The van der Waals surface area contributed by atoms with Gasteiger partial charge in [-0.1, -0.05) is 6.07 Å². The first-order valence-corrected chi connectivity index (χ1v) is 12.1. The number of amides is 2. The minimum atomic E-state index is -0.634. The van der Waals surface area contributed by atoms with Gasteiger partial charge in [-0.25, -0.2) is 9.18 Å². The number of rotatable bonds is 16. The first kappa shape index (κ1) is 31.0. The Kier molecular flexibility index (Phi) is 12.9. The lowest BCUT2D eigenvalue weighted by atomic mass is 9.98. The van der Waals surface area contributed by atoms with Crippen LogP contribution in [0.1, 0.15) is 36.7 Å². The summed E-state index contributed by atoms with van der Waals surface area (Å²) in [7, 11) is 3.11. The van der Waals surface area contributed by atoms with Crippen molar-refractivity contribution in [1.82, 2.24) is 10.6 Å². The fraction of sp³-hybridized carbons (Fsp3) is 0.481. The Hall–Kier alpha value is -3.25. The highest BCUT2D eigenvalue weighted by Gasteiger charge is 2.19. The molecule has 0 unspecified atom stereocenters. The molecule has 210 valence electrons. The third kappa shape index (κ3) is 10.6. The number of ether oxygens (including phenoxy) is 6. The topological polar surface area (TPSA) is 114 Å². The van der Waals surface area contributed by atoms with E-state index in [2.05, 4.69) is 10.6 Å². The molecule has 2 rings (SSSR count). The fourth-order valence-electron chi connectivity index (χ4n) is 3.26. The lowest BCUT2D eigenvalue weighted by molar-refractivity contribution is -0.00925. The van der Waals surface area contributed by atoms with Crippen molar-refractivity contribution in [2.75, 3.05) is 54.2 Å². The first-order valence-electron chi connectivity index (χ1n) is 12.1. The van der Waals surface area contributed by atoms with Gasteiger partial charge < -0.3 is 39.1 Å². The zero-order valence-corrected chi connectivity index (χ0v) is 22.6. The van der Waals surface area contributed by atoms with Gasteiger partial charge in [0.15, 0.2) is 19.9 Å². The number of hydrogen-bond acceptors (Lipinski definition) is 8. The maximum absolute atomic E-state index is 14.6. The summed E-state index contributed by atoms with van der Waals surface area (Å²) < 4.78 is 46.9. The van der Waals surface area contributed by atoms with E-state index in [1.54, 1.807) is 32.4 Å². The number of carbonyl (C=O) groups excluding carboxylic acids is 2. The van der Waals surface area contributed by atoms with Gasteiger partial charge in [-0.2, -0.15) is 0 Å². The van der Waals surface area contributed by atoms with E-state index in [1.165, 1.54) is 6.07 Å². The molecule has 0 aliphatic carbocycles. The van der Waals surface area contributed by atoms with Crippen LogP contribution in [0.2, 0.25) is 0 Å². The van der Waals surface area contributed by atoms with Crippen LogP contribution >= 0.6 is 0 Å². The molecule has 10 nitrogen and oxygen atoms in total. The molecule has 38 heavy (non-hydrogen) atoms. The molecule has 0 aliphatic rings. The normalized spacial score (nSPS) is 11.2. The van der Waals surface area contributed by atoms with E-state index >= 15 is 0 Å². The van der Waals surface area contributed by atoms with E-state index in [-0.39, 0.29) is 49.6 Å². The van der Waals surface area contributed by atoms with E-state index in [4.69, 9.17) is 28.4 Å². The molecule has 0 aliphatic heterocycles. The predicted octanol–water partition coefficient (Wildman–Crippen LogP) is 3.90. The standard InChI is InChI=1S/C27H37FN2O8/c1-27(2,3)30-26(32)29-15-19-6-7-24(37-17-35-10-8-33-4)22(12-19)23-14-21(28)13-20(16-31)25(23)38-18-36-11-9-34-5/h6-7,12-14,16H,8-11,15,17-18H2,1-5H3,(H2,29,30,32). The number of carbonyl (C=O) groups is 2.